The number of hydrogen-bond acceptors (Lipinski definition) is 5. The number of aromatic nitrogens is 1. The Hall–Kier alpha value is -2.45. The number of ether oxygens (including phenoxy) is 1. The van der Waals surface area contributed by atoms with Gasteiger partial charge in [-0.05, 0) is 63.9 Å². The molecule has 1 fully saturated rings. The van der Waals surface area contributed by atoms with E-state index in [0.717, 1.165) is 19.3 Å². The van der Waals surface area contributed by atoms with Crippen molar-refractivity contribution in [3.8, 4) is 5.75 Å². The highest BCUT2D eigenvalue weighted by Gasteiger charge is 2.33. The quantitative estimate of drug-likeness (QED) is 0.729. The van der Waals surface area contributed by atoms with Gasteiger partial charge in [-0.3, -0.25) is 14.4 Å². The highest BCUT2D eigenvalue weighted by Crippen LogP contribution is 2.31. The largest absolute Gasteiger partial charge is 0.495 e. The number of benzene rings is 1. The molecule has 162 valence electrons. The molecule has 1 unspecified atom stereocenters. The number of sulfonamides is 1. The first kappa shape index (κ1) is 22.2. The van der Waals surface area contributed by atoms with Gasteiger partial charge in [0.25, 0.3) is 5.91 Å². The molecule has 0 aliphatic carbocycles. The summed E-state index contributed by atoms with van der Waals surface area (Å²) >= 11 is 0. The summed E-state index contributed by atoms with van der Waals surface area (Å²) in [6, 6.07) is 9.77. The van der Waals surface area contributed by atoms with E-state index >= 15 is 0 Å². The molecule has 2 aromatic rings. The van der Waals surface area contributed by atoms with Crippen molar-refractivity contribution < 1.29 is 17.9 Å². The maximum atomic E-state index is 13.4. The normalized spacial score (nSPS) is 18.6. The topological polar surface area (TPSA) is 81.0 Å². The standard InChI is InChI=1S/C22H29N3O4S/c1-16(2)23-21-10-6-7-13-24(21)22(26)18-11-12-19(29-4)20(15-18)30(27,28)25-14-8-5-9-17(25)3/h6-7,10-13,15-17H,5,8-9,14H2,1-4H3. The second-order valence-corrected chi connectivity index (χ2v) is 9.64. The summed E-state index contributed by atoms with van der Waals surface area (Å²) in [5, 5.41) is 0. The van der Waals surface area contributed by atoms with E-state index in [2.05, 4.69) is 4.99 Å². The fraction of sp³-hybridized carbons (Fsp3) is 0.455. The van der Waals surface area contributed by atoms with Crippen molar-refractivity contribution in [1.82, 2.24) is 8.87 Å². The van der Waals surface area contributed by atoms with Crippen molar-refractivity contribution in [1.29, 1.82) is 0 Å². The van der Waals surface area contributed by atoms with Crippen LogP contribution in [0, 0.1) is 0 Å². The first-order valence-electron chi connectivity index (χ1n) is 10.2. The number of carbonyl (C=O) groups excluding carboxylic acids is 1. The van der Waals surface area contributed by atoms with Crippen molar-refractivity contribution in [3.05, 3.63) is 53.6 Å². The Balaban J connectivity index is 2.09. The molecule has 30 heavy (non-hydrogen) atoms. The van der Waals surface area contributed by atoms with Crippen LogP contribution in [0.4, 0.5) is 0 Å². The van der Waals surface area contributed by atoms with Crippen molar-refractivity contribution in [2.75, 3.05) is 13.7 Å². The zero-order valence-electron chi connectivity index (χ0n) is 17.9. The minimum atomic E-state index is -3.80. The SMILES string of the molecule is COc1ccc(C(=O)n2ccccc2=NC(C)C)cc1S(=O)(=O)N1CCCCC1C. The number of pyridine rings is 1. The lowest BCUT2D eigenvalue weighted by atomic mass is 10.1. The molecular weight excluding hydrogens is 402 g/mol. The van der Waals surface area contributed by atoms with Crippen molar-refractivity contribution in [2.45, 2.75) is 57.0 Å². The molecule has 2 heterocycles. The fourth-order valence-electron chi connectivity index (χ4n) is 3.68. The summed E-state index contributed by atoms with van der Waals surface area (Å²) in [5.74, 6) is -0.115. The average molecular weight is 432 g/mol. The maximum absolute atomic E-state index is 13.4. The van der Waals surface area contributed by atoms with Gasteiger partial charge in [0.15, 0.2) is 0 Å². The first-order chi connectivity index (χ1) is 14.3. The number of piperidine rings is 1. The van der Waals surface area contributed by atoms with Crippen LogP contribution in [0.1, 0.15) is 50.4 Å². The highest BCUT2D eigenvalue weighted by molar-refractivity contribution is 7.89. The Morgan fingerprint density at radius 3 is 2.63 bits per heavy atom. The van der Waals surface area contributed by atoms with Crippen LogP contribution in [0.3, 0.4) is 0 Å². The van der Waals surface area contributed by atoms with Crippen molar-refractivity contribution in [3.63, 3.8) is 0 Å². The molecule has 1 aromatic heterocycles. The van der Waals surface area contributed by atoms with E-state index in [1.807, 2.05) is 26.8 Å². The molecular formula is C22H29N3O4S. The molecule has 0 spiro atoms. The Morgan fingerprint density at radius 1 is 1.20 bits per heavy atom. The van der Waals surface area contributed by atoms with Gasteiger partial charge >= 0.3 is 0 Å². The molecule has 8 heteroatoms. The third-order valence-electron chi connectivity index (χ3n) is 5.19. The van der Waals surface area contributed by atoms with Crippen LogP contribution in [0.5, 0.6) is 5.75 Å². The van der Waals surface area contributed by atoms with Gasteiger partial charge in [-0.2, -0.15) is 4.31 Å². The predicted octanol–water partition coefficient (Wildman–Crippen LogP) is 3.06. The molecule has 1 atom stereocenters. The third kappa shape index (κ3) is 4.49. The smallest absolute Gasteiger partial charge is 0.263 e. The van der Waals surface area contributed by atoms with E-state index in [0.29, 0.717) is 12.0 Å². The summed E-state index contributed by atoms with van der Waals surface area (Å²) in [5.41, 5.74) is 0.776. The van der Waals surface area contributed by atoms with Crippen molar-refractivity contribution >= 4 is 15.9 Å². The van der Waals surface area contributed by atoms with Crippen LogP contribution in [-0.4, -0.2) is 48.9 Å². The van der Waals surface area contributed by atoms with Gasteiger partial charge in [-0.15, -0.1) is 0 Å². The summed E-state index contributed by atoms with van der Waals surface area (Å²) in [6.45, 7) is 6.24. The van der Waals surface area contributed by atoms with Crippen LogP contribution in [0.15, 0.2) is 52.5 Å². The van der Waals surface area contributed by atoms with E-state index in [1.54, 1.807) is 24.4 Å². The summed E-state index contributed by atoms with van der Waals surface area (Å²) in [7, 11) is -2.37. The molecule has 0 N–H and O–H groups in total. The van der Waals surface area contributed by atoms with Gasteiger partial charge in [0, 0.05) is 30.4 Å². The number of hydrogen-bond donors (Lipinski definition) is 0. The first-order valence-corrected chi connectivity index (χ1v) is 11.7. The lowest BCUT2D eigenvalue weighted by Gasteiger charge is -2.32. The number of carbonyl (C=O) groups is 1. The molecule has 0 radical (unpaired) electrons. The fourth-order valence-corrected chi connectivity index (χ4v) is 5.56. The van der Waals surface area contributed by atoms with Crippen LogP contribution < -0.4 is 10.2 Å². The molecule has 1 saturated heterocycles. The van der Waals surface area contributed by atoms with Gasteiger partial charge in [-0.25, -0.2) is 8.42 Å². The lowest BCUT2D eigenvalue weighted by molar-refractivity contribution is 0.0954. The maximum Gasteiger partial charge on any atom is 0.263 e. The van der Waals surface area contributed by atoms with E-state index in [9.17, 15) is 13.2 Å². The van der Waals surface area contributed by atoms with Crippen LogP contribution in [0.25, 0.3) is 0 Å². The Morgan fingerprint density at radius 2 is 1.97 bits per heavy atom. The Labute approximate surface area is 178 Å². The summed E-state index contributed by atoms with van der Waals surface area (Å²) in [6.07, 6.45) is 4.29. The monoisotopic (exact) mass is 431 g/mol. The van der Waals surface area contributed by atoms with Crippen LogP contribution in [-0.2, 0) is 10.0 Å². The van der Waals surface area contributed by atoms with E-state index in [-0.39, 0.29) is 34.2 Å². The minimum Gasteiger partial charge on any atom is -0.495 e. The summed E-state index contributed by atoms with van der Waals surface area (Å²) < 4.78 is 35.1. The molecule has 1 aliphatic rings. The number of rotatable bonds is 5. The highest BCUT2D eigenvalue weighted by atomic mass is 32.2. The lowest BCUT2D eigenvalue weighted by Crippen LogP contribution is -2.42. The molecule has 7 nitrogen and oxygen atoms in total. The third-order valence-corrected chi connectivity index (χ3v) is 7.22. The molecule has 3 rings (SSSR count). The summed E-state index contributed by atoms with van der Waals surface area (Å²) in [4.78, 5) is 17.7. The number of nitrogens with zero attached hydrogens (tertiary/aromatic N) is 3. The molecule has 1 aromatic carbocycles. The predicted molar refractivity (Wildman–Crippen MR) is 115 cm³/mol. The zero-order valence-corrected chi connectivity index (χ0v) is 18.7. The Bertz CT molecular complexity index is 1090. The second-order valence-electron chi connectivity index (χ2n) is 7.78. The van der Waals surface area contributed by atoms with Gasteiger partial charge in [0.2, 0.25) is 10.0 Å². The molecule has 1 aliphatic heterocycles. The van der Waals surface area contributed by atoms with E-state index in [1.165, 1.54) is 28.1 Å². The zero-order chi connectivity index (χ0) is 21.9. The minimum absolute atomic E-state index is 0.0128. The second kappa shape index (κ2) is 9.14. The molecule has 0 amide bonds. The molecule has 0 bridgehead atoms. The van der Waals surface area contributed by atoms with Crippen molar-refractivity contribution in [2.24, 2.45) is 4.99 Å². The van der Waals surface area contributed by atoms with Crippen LogP contribution >= 0.6 is 0 Å². The van der Waals surface area contributed by atoms with Crippen LogP contribution in [0.2, 0.25) is 0 Å². The van der Waals surface area contributed by atoms with E-state index < -0.39 is 10.0 Å². The average Bonchev–Trinajstić information content (AvgIpc) is 2.73. The van der Waals surface area contributed by atoms with E-state index in [4.69, 9.17) is 4.74 Å². The Kier molecular flexibility index (Phi) is 6.77. The van der Waals surface area contributed by atoms with Gasteiger partial charge in [0.1, 0.15) is 16.1 Å². The van der Waals surface area contributed by atoms with Gasteiger partial charge < -0.3 is 4.74 Å². The van der Waals surface area contributed by atoms with Gasteiger partial charge in [0.05, 0.1) is 7.11 Å². The molecule has 0 saturated carbocycles. The number of methoxy groups -OCH3 is 1. The van der Waals surface area contributed by atoms with Gasteiger partial charge in [-0.1, -0.05) is 12.5 Å².